The number of rotatable bonds is 3. The van der Waals surface area contributed by atoms with E-state index in [1.165, 1.54) is 17.0 Å². The maximum atomic E-state index is 15.9. The SMILES string of the molecule is O=C1Nc2ccc(Cl)c(F)c2[C@@]2(CCCN(C(=O)[C@]3(F)CCN(Cc4ccccc4)C3)C2)O1. The number of piperidine rings is 1. The molecule has 9 heteroatoms. The molecule has 2 amide bonds. The molecule has 0 aliphatic carbocycles. The number of nitrogens with zero attached hydrogens (tertiary/aromatic N) is 2. The number of nitrogens with one attached hydrogen (secondary N) is 1. The number of anilines is 1. The summed E-state index contributed by atoms with van der Waals surface area (Å²) in [7, 11) is 0. The number of likely N-dealkylation sites (tertiary alicyclic amines) is 2. The molecule has 6 nitrogen and oxygen atoms in total. The van der Waals surface area contributed by atoms with Crippen LogP contribution in [0.1, 0.15) is 30.4 Å². The molecule has 33 heavy (non-hydrogen) atoms. The second-order valence-corrected chi connectivity index (χ2v) is 9.44. The first kappa shape index (κ1) is 22.1. The third kappa shape index (κ3) is 3.95. The number of alkyl halides is 1. The fourth-order valence-corrected chi connectivity index (χ4v) is 5.39. The molecule has 174 valence electrons. The Balaban J connectivity index is 1.37. The van der Waals surface area contributed by atoms with E-state index in [9.17, 15) is 9.59 Å². The van der Waals surface area contributed by atoms with Gasteiger partial charge in [-0.05, 0) is 30.5 Å². The summed E-state index contributed by atoms with van der Waals surface area (Å²) in [5.41, 5.74) is -2.03. The third-order valence-electron chi connectivity index (χ3n) is 6.75. The zero-order valence-electron chi connectivity index (χ0n) is 18.0. The number of amides is 2. The van der Waals surface area contributed by atoms with E-state index in [0.717, 1.165) is 5.56 Å². The molecule has 2 aromatic carbocycles. The van der Waals surface area contributed by atoms with Gasteiger partial charge < -0.3 is 9.64 Å². The minimum absolute atomic E-state index is 0.0116. The van der Waals surface area contributed by atoms with Crippen LogP contribution in [0.25, 0.3) is 0 Å². The highest BCUT2D eigenvalue weighted by molar-refractivity contribution is 6.31. The number of ether oxygens (including phenoxy) is 1. The van der Waals surface area contributed by atoms with Crippen LogP contribution in [0.3, 0.4) is 0 Å². The second-order valence-electron chi connectivity index (χ2n) is 9.03. The lowest BCUT2D eigenvalue weighted by Crippen LogP contribution is -2.57. The van der Waals surface area contributed by atoms with Gasteiger partial charge in [-0.3, -0.25) is 15.0 Å². The van der Waals surface area contributed by atoms with Gasteiger partial charge in [0.2, 0.25) is 5.67 Å². The minimum atomic E-state index is -2.04. The summed E-state index contributed by atoms with van der Waals surface area (Å²) in [5.74, 6) is -1.34. The van der Waals surface area contributed by atoms with E-state index < -0.39 is 29.1 Å². The Morgan fingerprint density at radius 2 is 1.91 bits per heavy atom. The number of fused-ring (bicyclic) bond motifs is 2. The van der Waals surface area contributed by atoms with Crippen molar-refractivity contribution in [1.82, 2.24) is 9.80 Å². The summed E-state index contributed by atoms with van der Waals surface area (Å²) in [4.78, 5) is 28.9. The van der Waals surface area contributed by atoms with Gasteiger partial charge in [0.15, 0.2) is 11.4 Å². The Labute approximate surface area is 195 Å². The van der Waals surface area contributed by atoms with Crippen molar-refractivity contribution >= 4 is 29.3 Å². The van der Waals surface area contributed by atoms with Gasteiger partial charge in [-0.15, -0.1) is 0 Å². The van der Waals surface area contributed by atoms with Crippen LogP contribution in [0, 0.1) is 5.82 Å². The summed E-state index contributed by atoms with van der Waals surface area (Å²) in [5, 5.41) is 2.39. The van der Waals surface area contributed by atoms with Crippen molar-refractivity contribution in [2.75, 3.05) is 31.5 Å². The van der Waals surface area contributed by atoms with Crippen LogP contribution in [0.2, 0.25) is 5.02 Å². The molecule has 3 aliphatic rings. The van der Waals surface area contributed by atoms with E-state index in [-0.39, 0.29) is 35.8 Å². The summed E-state index contributed by atoms with van der Waals surface area (Å²) in [6.45, 7) is 1.20. The van der Waals surface area contributed by atoms with E-state index in [1.54, 1.807) is 0 Å². The molecule has 0 unspecified atom stereocenters. The van der Waals surface area contributed by atoms with Crippen LogP contribution in [-0.2, 0) is 21.7 Å². The van der Waals surface area contributed by atoms with Crippen molar-refractivity contribution in [1.29, 1.82) is 0 Å². The Morgan fingerprint density at radius 3 is 2.70 bits per heavy atom. The Morgan fingerprint density at radius 1 is 1.12 bits per heavy atom. The van der Waals surface area contributed by atoms with Crippen LogP contribution >= 0.6 is 11.6 Å². The van der Waals surface area contributed by atoms with Crippen molar-refractivity contribution in [2.24, 2.45) is 0 Å². The molecule has 1 N–H and O–H groups in total. The van der Waals surface area contributed by atoms with Crippen LogP contribution in [0.4, 0.5) is 19.3 Å². The Bertz CT molecular complexity index is 1100. The maximum absolute atomic E-state index is 15.9. The van der Waals surface area contributed by atoms with E-state index in [1.807, 2.05) is 35.2 Å². The number of hydrogen-bond donors (Lipinski definition) is 1. The van der Waals surface area contributed by atoms with E-state index in [2.05, 4.69) is 5.32 Å². The predicted molar refractivity (Wildman–Crippen MR) is 119 cm³/mol. The lowest BCUT2D eigenvalue weighted by atomic mass is 9.82. The van der Waals surface area contributed by atoms with Gasteiger partial charge in [-0.1, -0.05) is 41.9 Å². The first-order chi connectivity index (χ1) is 15.8. The van der Waals surface area contributed by atoms with E-state index in [4.69, 9.17) is 16.3 Å². The number of benzene rings is 2. The zero-order valence-corrected chi connectivity index (χ0v) is 18.7. The van der Waals surface area contributed by atoms with Crippen molar-refractivity contribution in [3.05, 3.63) is 64.4 Å². The molecule has 2 saturated heterocycles. The van der Waals surface area contributed by atoms with Crippen LogP contribution in [-0.4, -0.2) is 53.6 Å². The number of halogens is 3. The zero-order chi connectivity index (χ0) is 23.2. The van der Waals surface area contributed by atoms with E-state index >= 15 is 8.78 Å². The molecule has 2 fully saturated rings. The number of carbonyl (C=O) groups is 2. The summed E-state index contributed by atoms with van der Waals surface area (Å²) in [6, 6.07) is 12.6. The maximum Gasteiger partial charge on any atom is 0.412 e. The van der Waals surface area contributed by atoms with Gasteiger partial charge in [0.1, 0.15) is 0 Å². The lowest BCUT2D eigenvalue weighted by molar-refractivity contribution is -0.151. The second kappa shape index (κ2) is 8.25. The van der Waals surface area contributed by atoms with Crippen molar-refractivity contribution in [3.8, 4) is 0 Å². The first-order valence-electron chi connectivity index (χ1n) is 11.0. The van der Waals surface area contributed by atoms with Gasteiger partial charge in [0.25, 0.3) is 5.91 Å². The van der Waals surface area contributed by atoms with Crippen LogP contribution < -0.4 is 5.32 Å². The van der Waals surface area contributed by atoms with Gasteiger partial charge in [0, 0.05) is 32.6 Å². The highest BCUT2D eigenvalue weighted by Crippen LogP contribution is 2.45. The molecule has 2 aromatic rings. The van der Waals surface area contributed by atoms with Crippen molar-refractivity contribution in [2.45, 2.75) is 37.1 Å². The molecule has 0 saturated carbocycles. The summed E-state index contributed by atoms with van der Waals surface area (Å²) < 4.78 is 36.5. The minimum Gasteiger partial charge on any atom is -0.436 e. The van der Waals surface area contributed by atoms with Gasteiger partial charge in [-0.2, -0.15) is 0 Å². The molecular weight excluding hydrogens is 452 g/mol. The monoisotopic (exact) mass is 475 g/mol. The number of hydrogen-bond acceptors (Lipinski definition) is 4. The van der Waals surface area contributed by atoms with Gasteiger partial charge >= 0.3 is 6.09 Å². The molecule has 0 aromatic heterocycles. The van der Waals surface area contributed by atoms with Gasteiger partial charge in [-0.25, -0.2) is 13.6 Å². The standard InChI is InChI=1S/C24H24ClF2N3O3/c25-17-7-8-18-19(20(17)26)24(33-22(32)28-18)9-4-11-30(15-24)21(31)23(27)10-12-29(14-23)13-16-5-2-1-3-6-16/h1-3,5-8H,4,9-15H2,(H,28,32)/t23-,24-/m0/s1. The quantitative estimate of drug-likeness (QED) is 0.711. The smallest absolute Gasteiger partial charge is 0.412 e. The molecule has 0 bridgehead atoms. The van der Waals surface area contributed by atoms with Crippen LogP contribution in [0.5, 0.6) is 0 Å². The predicted octanol–water partition coefficient (Wildman–Crippen LogP) is 4.47. The summed E-state index contributed by atoms with van der Waals surface area (Å²) >= 11 is 6.00. The van der Waals surface area contributed by atoms with Crippen molar-refractivity contribution in [3.63, 3.8) is 0 Å². The van der Waals surface area contributed by atoms with Crippen LogP contribution in [0.15, 0.2) is 42.5 Å². The average Bonchev–Trinajstić information content (AvgIpc) is 3.17. The molecule has 2 atom stereocenters. The summed E-state index contributed by atoms with van der Waals surface area (Å²) in [6.07, 6.45) is 0.103. The lowest BCUT2D eigenvalue weighted by Gasteiger charge is -2.46. The molecule has 5 rings (SSSR count). The fourth-order valence-electron chi connectivity index (χ4n) is 5.23. The average molecular weight is 476 g/mol. The molecule has 0 radical (unpaired) electrons. The topological polar surface area (TPSA) is 61.9 Å². The highest BCUT2D eigenvalue weighted by atomic mass is 35.5. The molecule has 1 spiro atoms. The Kier molecular flexibility index (Phi) is 5.53. The van der Waals surface area contributed by atoms with Crippen molar-refractivity contribution < 1.29 is 23.1 Å². The third-order valence-corrected chi connectivity index (χ3v) is 7.04. The normalized spacial score (nSPS) is 27.2. The highest BCUT2D eigenvalue weighted by Gasteiger charge is 2.53. The fraction of sp³-hybridized carbons (Fsp3) is 0.417. The van der Waals surface area contributed by atoms with Gasteiger partial charge in [0.05, 0.1) is 22.8 Å². The first-order valence-corrected chi connectivity index (χ1v) is 11.4. The Hall–Kier alpha value is -2.71. The largest absolute Gasteiger partial charge is 0.436 e. The molecule has 3 heterocycles. The molecule has 3 aliphatic heterocycles. The molecular formula is C24H24ClF2N3O3. The van der Waals surface area contributed by atoms with E-state index in [0.29, 0.717) is 32.5 Å². The number of carbonyl (C=O) groups excluding carboxylic acids is 2.